The van der Waals surface area contributed by atoms with Crippen molar-refractivity contribution in [3.05, 3.63) is 51.0 Å². The van der Waals surface area contributed by atoms with E-state index in [1.54, 1.807) is 23.5 Å². The van der Waals surface area contributed by atoms with Crippen LogP contribution < -0.4 is 10.6 Å². The van der Waals surface area contributed by atoms with Crippen molar-refractivity contribution in [3.8, 4) is 0 Å². The first kappa shape index (κ1) is 18.9. The second kappa shape index (κ2) is 9.80. The lowest BCUT2D eigenvalue weighted by atomic mass is 10.3. The highest BCUT2D eigenvalue weighted by atomic mass is 79.9. The average Bonchev–Trinajstić information content (AvgIpc) is 3.22. The average molecular weight is 427 g/mol. The van der Waals surface area contributed by atoms with Crippen molar-refractivity contribution in [1.29, 1.82) is 0 Å². The molecule has 2 rings (SSSR count). The number of rotatable bonds is 7. The van der Waals surface area contributed by atoms with Gasteiger partial charge in [-0.05, 0) is 52.0 Å². The Morgan fingerprint density at radius 3 is 2.80 bits per heavy atom. The Morgan fingerprint density at radius 1 is 1.28 bits per heavy atom. The molecule has 0 bridgehead atoms. The maximum absolute atomic E-state index is 11.5. The molecule has 0 saturated heterocycles. The molecule has 3 amide bonds. The van der Waals surface area contributed by atoms with Gasteiger partial charge in [-0.15, -0.1) is 11.3 Å². The van der Waals surface area contributed by atoms with Crippen molar-refractivity contribution in [3.63, 3.8) is 0 Å². The van der Waals surface area contributed by atoms with Crippen molar-refractivity contribution in [2.45, 2.75) is 6.42 Å². The summed E-state index contributed by atoms with van der Waals surface area (Å²) in [5.41, 5.74) is 0. The summed E-state index contributed by atoms with van der Waals surface area (Å²) in [7, 11) is 0. The van der Waals surface area contributed by atoms with Crippen LogP contribution in [0.4, 0.5) is 4.79 Å². The molecular formula is C16H15BrN2O5S. The second-order valence-corrected chi connectivity index (χ2v) is 6.53. The molecule has 2 aromatic rings. The summed E-state index contributed by atoms with van der Waals surface area (Å²) < 4.78 is 10.4. The van der Waals surface area contributed by atoms with Crippen molar-refractivity contribution < 1.29 is 23.5 Å². The first-order valence-electron chi connectivity index (χ1n) is 7.23. The molecule has 2 aromatic heterocycles. The van der Waals surface area contributed by atoms with E-state index in [1.807, 2.05) is 17.5 Å². The van der Waals surface area contributed by atoms with Crippen molar-refractivity contribution in [2.75, 3.05) is 13.2 Å². The van der Waals surface area contributed by atoms with Gasteiger partial charge in [-0.3, -0.25) is 10.1 Å². The van der Waals surface area contributed by atoms with Crippen LogP contribution in [-0.4, -0.2) is 31.1 Å². The summed E-state index contributed by atoms with van der Waals surface area (Å²) in [4.78, 5) is 35.7. The van der Waals surface area contributed by atoms with Crippen LogP contribution >= 0.6 is 27.3 Å². The smallest absolute Gasteiger partial charge is 0.331 e. The van der Waals surface area contributed by atoms with E-state index in [9.17, 15) is 14.4 Å². The minimum atomic E-state index is -0.722. The lowest BCUT2D eigenvalue weighted by Gasteiger charge is -2.06. The number of urea groups is 1. The summed E-state index contributed by atoms with van der Waals surface area (Å²) in [6.45, 7) is -0.149. The Balaban J connectivity index is 1.61. The van der Waals surface area contributed by atoms with Crippen molar-refractivity contribution in [2.24, 2.45) is 0 Å². The number of esters is 1. The van der Waals surface area contributed by atoms with Crippen LogP contribution in [0.15, 0.2) is 44.8 Å². The van der Waals surface area contributed by atoms with Gasteiger partial charge in [-0.1, -0.05) is 6.07 Å². The molecule has 0 atom stereocenters. The zero-order chi connectivity index (χ0) is 18.1. The van der Waals surface area contributed by atoms with Gasteiger partial charge in [0.15, 0.2) is 11.3 Å². The predicted molar refractivity (Wildman–Crippen MR) is 96.0 cm³/mol. The van der Waals surface area contributed by atoms with E-state index < -0.39 is 24.5 Å². The molecular weight excluding hydrogens is 412 g/mol. The maximum Gasteiger partial charge on any atom is 0.331 e. The number of thiophene rings is 1. The van der Waals surface area contributed by atoms with E-state index >= 15 is 0 Å². The Labute approximate surface area is 156 Å². The number of nitrogens with one attached hydrogen (secondary N) is 2. The third-order valence-corrected chi connectivity index (χ3v) is 4.18. The Kier molecular flexibility index (Phi) is 7.42. The van der Waals surface area contributed by atoms with Crippen LogP contribution in [0, 0.1) is 0 Å². The Morgan fingerprint density at radius 2 is 2.12 bits per heavy atom. The molecule has 0 saturated carbocycles. The van der Waals surface area contributed by atoms with Crippen LogP contribution in [0.2, 0.25) is 0 Å². The molecule has 132 valence electrons. The molecule has 0 unspecified atom stereocenters. The predicted octanol–water partition coefficient (Wildman–Crippen LogP) is 2.73. The maximum atomic E-state index is 11.5. The zero-order valence-electron chi connectivity index (χ0n) is 13.0. The number of imide groups is 1. The largest absolute Gasteiger partial charge is 0.452 e. The number of hydrogen-bond acceptors (Lipinski definition) is 6. The summed E-state index contributed by atoms with van der Waals surface area (Å²) in [5.74, 6) is -0.977. The number of halogens is 1. The van der Waals surface area contributed by atoms with Gasteiger partial charge in [0.25, 0.3) is 5.91 Å². The molecule has 0 aliphatic heterocycles. The molecule has 0 aromatic carbocycles. The summed E-state index contributed by atoms with van der Waals surface area (Å²) in [6.07, 6.45) is 3.21. The lowest BCUT2D eigenvalue weighted by Crippen LogP contribution is -2.42. The number of hydrogen-bond donors (Lipinski definition) is 2. The number of carbonyl (C=O) groups excluding carboxylic acids is 3. The first-order valence-corrected chi connectivity index (χ1v) is 8.90. The minimum absolute atomic E-state index is 0.404. The minimum Gasteiger partial charge on any atom is -0.452 e. The van der Waals surface area contributed by atoms with Crippen LogP contribution in [-0.2, 0) is 20.7 Å². The van der Waals surface area contributed by atoms with Gasteiger partial charge in [0.2, 0.25) is 0 Å². The Hall–Kier alpha value is -2.39. The van der Waals surface area contributed by atoms with Crippen LogP contribution in [0.3, 0.4) is 0 Å². The van der Waals surface area contributed by atoms with E-state index in [0.717, 1.165) is 11.0 Å². The van der Waals surface area contributed by atoms with E-state index in [2.05, 4.69) is 26.6 Å². The van der Waals surface area contributed by atoms with Gasteiger partial charge in [0.05, 0.1) is 0 Å². The van der Waals surface area contributed by atoms with Gasteiger partial charge in [0, 0.05) is 17.5 Å². The number of furan rings is 1. The molecule has 2 N–H and O–H groups in total. The molecule has 0 aliphatic rings. The van der Waals surface area contributed by atoms with Crippen LogP contribution in [0.25, 0.3) is 6.08 Å². The van der Waals surface area contributed by atoms with Gasteiger partial charge >= 0.3 is 12.0 Å². The van der Waals surface area contributed by atoms with Gasteiger partial charge < -0.3 is 14.5 Å². The third-order valence-electron chi connectivity index (χ3n) is 2.81. The fourth-order valence-corrected chi connectivity index (χ4v) is 2.74. The van der Waals surface area contributed by atoms with Gasteiger partial charge in [-0.25, -0.2) is 9.59 Å². The van der Waals surface area contributed by atoms with E-state index in [0.29, 0.717) is 23.4 Å². The Bertz CT molecular complexity index is 754. The highest BCUT2D eigenvalue weighted by Crippen LogP contribution is 2.15. The van der Waals surface area contributed by atoms with Gasteiger partial charge in [-0.2, -0.15) is 0 Å². The van der Waals surface area contributed by atoms with E-state index in [1.165, 1.54) is 6.08 Å². The van der Waals surface area contributed by atoms with E-state index in [-0.39, 0.29) is 0 Å². The SMILES string of the molecule is O=C(COC(=O)/C=C/c1ccc(Br)o1)NC(=O)NCCc1cccs1. The lowest BCUT2D eigenvalue weighted by molar-refractivity contribution is -0.143. The fourth-order valence-electron chi connectivity index (χ4n) is 1.71. The quantitative estimate of drug-likeness (QED) is 0.523. The molecule has 2 heterocycles. The third kappa shape index (κ3) is 7.36. The topological polar surface area (TPSA) is 97.6 Å². The molecule has 0 aliphatic carbocycles. The fraction of sp³-hybridized carbons (Fsp3) is 0.188. The summed E-state index contributed by atoms with van der Waals surface area (Å²) >= 11 is 4.73. The molecule has 0 spiro atoms. The number of carbonyl (C=O) groups is 3. The molecule has 9 heteroatoms. The standard InChI is InChI=1S/C16H15BrN2O5S/c17-13-5-3-11(24-13)4-6-15(21)23-10-14(20)19-16(22)18-8-7-12-2-1-9-25-12/h1-6,9H,7-8,10H2,(H2,18,19,20,22)/b6-4+. The first-order chi connectivity index (χ1) is 12.0. The summed E-state index contributed by atoms with van der Waals surface area (Å²) in [5, 5.41) is 6.58. The number of amides is 3. The van der Waals surface area contributed by atoms with Crippen molar-refractivity contribution in [1.82, 2.24) is 10.6 Å². The van der Waals surface area contributed by atoms with Crippen LogP contribution in [0.5, 0.6) is 0 Å². The normalized spacial score (nSPS) is 10.6. The summed E-state index contributed by atoms with van der Waals surface area (Å²) in [6, 6.07) is 6.59. The molecule has 0 fully saturated rings. The molecule has 25 heavy (non-hydrogen) atoms. The molecule has 7 nitrogen and oxygen atoms in total. The number of ether oxygens (including phenoxy) is 1. The highest BCUT2D eigenvalue weighted by molar-refractivity contribution is 9.10. The second-order valence-electron chi connectivity index (χ2n) is 4.72. The van der Waals surface area contributed by atoms with E-state index in [4.69, 9.17) is 9.15 Å². The zero-order valence-corrected chi connectivity index (χ0v) is 15.4. The monoisotopic (exact) mass is 426 g/mol. The van der Waals surface area contributed by atoms with Gasteiger partial charge in [0.1, 0.15) is 5.76 Å². The van der Waals surface area contributed by atoms with Crippen LogP contribution in [0.1, 0.15) is 10.6 Å². The van der Waals surface area contributed by atoms with Crippen molar-refractivity contribution >= 4 is 51.3 Å². The highest BCUT2D eigenvalue weighted by Gasteiger charge is 2.09. The molecule has 0 radical (unpaired) electrons.